The van der Waals surface area contributed by atoms with Gasteiger partial charge in [-0.15, -0.1) is 0 Å². The highest BCUT2D eigenvalue weighted by Gasteiger charge is 2.16. The topological polar surface area (TPSA) is 33.0 Å². The van der Waals surface area contributed by atoms with Crippen molar-refractivity contribution in [1.82, 2.24) is 0 Å². The molecule has 3 heteroatoms. The minimum atomic E-state index is 0.626. The van der Waals surface area contributed by atoms with Crippen molar-refractivity contribution in [2.45, 2.75) is 5.33 Å². The van der Waals surface area contributed by atoms with Crippen LogP contribution >= 0.6 is 15.9 Å². The summed E-state index contributed by atoms with van der Waals surface area (Å²) in [5.74, 6) is 1.51. The predicted molar refractivity (Wildman–Crippen MR) is 79.1 cm³/mol. The molecule has 1 aliphatic heterocycles. The van der Waals surface area contributed by atoms with Crippen LogP contribution < -0.4 is 4.74 Å². The smallest absolute Gasteiger partial charge is 0.136 e. The van der Waals surface area contributed by atoms with Crippen molar-refractivity contribution in [3.8, 4) is 17.6 Å². The molecule has 2 nitrogen and oxygen atoms in total. The minimum Gasteiger partial charge on any atom is -0.456 e. The van der Waals surface area contributed by atoms with Crippen molar-refractivity contribution in [2.24, 2.45) is 0 Å². The Morgan fingerprint density at radius 3 is 2.74 bits per heavy atom. The molecule has 0 atom stereocenters. The Balaban J connectivity index is 2.24. The lowest BCUT2D eigenvalue weighted by Crippen LogP contribution is -1.90. The van der Waals surface area contributed by atoms with E-state index in [-0.39, 0.29) is 0 Å². The lowest BCUT2D eigenvalue weighted by Gasteiger charge is -2.10. The Hall–Kier alpha value is -2.05. The lowest BCUT2D eigenvalue weighted by atomic mass is 10.0. The first kappa shape index (κ1) is 12.0. The minimum absolute atomic E-state index is 0.626. The van der Waals surface area contributed by atoms with E-state index in [1.54, 1.807) is 0 Å². The summed E-state index contributed by atoms with van der Waals surface area (Å²) in [5.41, 5.74) is 3.51. The number of rotatable bonds is 1. The van der Waals surface area contributed by atoms with Gasteiger partial charge in [0.05, 0.1) is 11.6 Å². The van der Waals surface area contributed by atoms with E-state index >= 15 is 0 Å². The standard InChI is InChI=1S/C16H10BrNO/c17-9-11-5-6-14-13(10-18)8-12-3-1-2-4-15(12)19-16(14)7-11/h1-8H,9H2. The van der Waals surface area contributed by atoms with Crippen LogP contribution in [0.5, 0.6) is 11.5 Å². The zero-order valence-electron chi connectivity index (χ0n) is 10.1. The third-order valence-electron chi connectivity index (χ3n) is 3.05. The molecule has 0 saturated heterocycles. The average Bonchev–Trinajstić information content (AvgIpc) is 2.62. The van der Waals surface area contributed by atoms with Crippen molar-refractivity contribution >= 4 is 27.6 Å². The molecule has 0 N–H and O–H groups in total. The normalized spacial score (nSPS) is 12.3. The summed E-state index contributed by atoms with van der Waals surface area (Å²) in [4.78, 5) is 0. The van der Waals surface area contributed by atoms with Gasteiger partial charge in [0.2, 0.25) is 0 Å². The highest BCUT2D eigenvalue weighted by molar-refractivity contribution is 9.08. The van der Waals surface area contributed by atoms with E-state index in [1.807, 2.05) is 48.5 Å². The van der Waals surface area contributed by atoms with Gasteiger partial charge in [0, 0.05) is 16.5 Å². The Labute approximate surface area is 120 Å². The van der Waals surface area contributed by atoms with Gasteiger partial charge >= 0.3 is 0 Å². The van der Waals surface area contributed by atoms with Gasteiger partial charge < -0.3 is 4.74 Å². The van der Waals surface area contributed by atoms with Gasteiger partial charge in [0.1, 0.15) is 11.5 Å². The Morgan fingerprint density at radius 1 is 1.11 bits per heavy atom. The second-order valence-electron chi connectivity index (χ2n) is 4.27. The van der Waals surface area contributed by atoms with E-state index in [0.29, 0.717) is 5.57 Å². The molecule has 2 aromatic rings. The molecule has 0 aliphatic carbocycles. The number of benzene rings is 2. The van der Waals surface area contributed by atoms with E-state index in [0.717, 1.165) is 33.5 Å². The van der Waals surface area contributed by atoms with Crippen LogP contribution in [0.1, 0.15) is 16.7 Å². The summed E-state index contributed by atoms with van der Waals surface area (Å²) in [5, 5.41) is 10.1. The number of alkyl halides is 1. The van der Waals surface area contributed by atoms with Crippen LogP contribution in [0, 0.1) is 11.3 Å². The fourth-order valence-electron chi connectivity index (χ4n) is 2.09. The van der Waals surface area contributed by atoms with Crippen molar-refractivity contribution < 1.29 is 4.74 Å². The first-order chi connectivity index (χ1) is 9.31. The molecule has 0 unspecified atom stereocenters. The summed E-state index contributed by atoms with van der Waals surface area (Å²) in [6, 6.07) is 15.9. The Kier molecular flexibility index (Phi) is 3.10. The molecule has 0 saturated carbocycles. The van der Waals surface area contributed by atoms with Crippen molar-refractivity contribution in [3.63, 3.8) is 0 Å². The maximum absolute atomic E-state index is 9.33. The molecule has 2 aromatic carbocycles. The average molecular weight is 312 g/mol. The van der Waals surface area contributed by atoms with E-state index < -0.39 is 0 Å². The lowest BCUT2D eigenvalue weighted by molar-refractivity contribution is 0.481. The number of ether oxygens (including phenoxy) is 1. The van der Waals surface area contributed by atoms with Crippen LogP contribution in [0.15, 0.2) is 42.5 Å². The molecule has 0 radical (unpaired) electrons. The molecule has 0 spiro atoms. The van der Waals surface area contributed by atoms with Crippen LogP contribution in [-0.2, 0) is 5.33 Å². The Bertz CT molecular complexity index is 713. The molecule has 19 heavy (non-hydrogen) atoms. The van der Waals surface area contributed by atoms with E-state index in [9.17, 15) is 5.26 Å². The molecular formula is C16H10BrNO. The first-order valence-electron chi connectivity index (χ1n) is 5.90. The number of allylic oxidation sites excluding steroid dienone is 1. The van der Waals surface area contributed by atoms with Crippen LogP contribution in [0.2, 0.25) is 0 Å². The second-order valence-corrected chi connectivity index (χ2v) is 4.83. The fraction of sp³-hybridized carbons (Fsp3) is 0.0625. The molecule has 3 rings (SSSR count). The van der Waals surface area contributed by atoms with Gasteiger partial charge in [-0.05, 0) is 29.8 Å². The van der Waals surface area contributed by atoms with Gasteiger partial charge in [-0.1, -0.05) is 40.2 Å². The van der Waals surface area contributed by atoms with Crippen molar-refractivity contribution in [2.75, 3.05) is 0 Å². The molecular weight excluding hydrogens is 302 g/mol. The zero-order valence-corrected chi connectivity index (χ0v) is 11.6. The summed E-state index contributed by atoms with van der Waals surface area (Å²) in [7, 11) is 0. The van der Waals surface area contributed by atoms with Gasteiger partial charge in [-0.25, -0.2) is 0 Å². The monoisotopic (exact) mass is 311 g/mol. The molecule has 0 aromatic heterocycles. The number of nitriles is 1. The number of fused-ring (bicyclic) bond motifs is 2. The van der Waals surface area contributed by atoms with Crippen molar-refractivity contribution in [1.29, 1.82) is 5.26 Å². The van der Waals surface area contributed by atoms with Crippen LogP contribution in [0.4, 0.5) is 0 Å². The quantitative estimate of drug-likeness (QED) is 0.712. The molecule has 0 fully saturated rings. The van der Waals surface area contributed by atoms with E-state index in [1.165, 1.54) is 0 Å². The molecule has 92 valence electrons. The number of hydrogen-bond donors (Lipinski definition) is 0. The predicted octanol–water partition coefficient (Wildman–Crippen LogP) is 4.75. The highest BCUT2D eigenvalue weighted by Crippen LogP contribution is 2.38. The Morgan fingerprint density at radius 2 is 1.95 bits per heavy atom. The van der Waals surface area contributed by atoms with Gasteiger partial charge in [0.25, 0.3) is 0 Å². The zero-order chi connectivity index (χ0) is 13.2. The molecule has 1 aliphatic rings. The fourth-order valence-corrected chi connectivity index (χ4v) is 2.44. The van der Waals surface area contributed by atoms with Gasteiger partial charge in [-0.3, -0.25) is 0 Å². The molecule has 0 bridgehead atoms. The summed E-state index contributed by atoms with van der Waals surface area (Å²) in [6.45, 7) is 0. The maximum atomic E-state index is 9.33. The maximum Gasteiger partial charge on any atom is 0.136 e. The summed E-state index contributed by atoms with van der Waals surface area (Å²) >= 11 is 3.43. The number of hydrogen-bond acceptors (Lipinski definition) is 2. The SMILES string of the molecule is N#CC1=Cc2ccccc2Oc2cc(CBr)ccc21. The number of para-hydroxylation sites is 1. The van der Waals surface area contributed by atoms with Crippen LogP contribution in [0.25, 0.3) is 11.6 Å². The number of halogens is 1. The van der Waals surface area contributed by atoms with E-state index in [4.69, 9.17) is 4.74 Å². The summed E-state index contributed by atoms with van der Waals surface area (Å²) in [6.07, 6.45) is 1.87. The first-order valence-corrected chi connectivity index (χ1v) is 7.02. The van der Waals surface area contributed by atoms with Gasteiger partial charge in [-0.2, -0.15) is 5.26 Å². The van der Waals surface area contributed by atoms with Crippen molar-refractivity contribution in [3.05, 3.63) is 59.2 Å². The second kappa shape index (κ2) is 4.91. The largest absolute Gasteiger partial charge is 0.456 e. The molecule has 1 heterocycles. The molecule has 0 amide bonds. The highest BCUT2D eigenvalue weighted by atomic mass is 79.9. The van der Waals surface area contributed by atoms with Crippen LogP contribution in [0.3, 0.4) is 0 Å². The van der Waals surface area contributed by atoms with Crippen LogP contribution in [-0.4, -0.2) is 0 Å². The van der Waals surface area contributed by atoms with E-state index in [2.05, 4.69) is 22.0 Å². The summed E-state index contributed by atoms with van der Waals surface area (Å²) < 4.78 is 5.95. The third kappa shape index (κ3) is 2.16. The third-order valence-corrected chi connectivity index (χ3v) is 3.70. The van der Waals surface area contributed by atoms with Gasteiger partial charge in [0.15, 0.2) is 0 Å². The number of nitrogens with zero attached hydrogens (tertiary/aromatic N) is 1.